The van der Waals surface area contributed by atoms with Crippen molar-refractivity contribution in [3.8, 4) is 0 Å². The highest BCUT2D eigenvalue weighted by Crippen LogP contribution is 2.28. The van der Waals surface area contributed by atoms with Gasteiger partial charge in [0.2, 0.25) is 0 Å². The van der Waals surface area contributed by atoms with Gasteiger partial charge in [0, 0.05) is 47.5 Å². The molecule has 0 saturated carbocycles. The molecule has 3 aromatic rings. The number of carbonyl (C=O) groups is 1. The van der Waals surface area contributed by atoms with E-state index in [0.29, 0.717) is 12.2 Å². The van der Waals surface area contributed by atoms with Crippen LogP contribution in [0.25, 0.3) is 10.8 Å². The number of nitrogens with zero attached hydrogens (tertiary/aromatic N) is 3. The van der Waals surface area contributed by atoms with Gasteiger partial charge >= 0.3 is 0 Å². The Bertz CT molecular complexity index is 946. The van der Waals surface area contributed by atoms with Crippen LogP contribution in [0.4, 0.5) is 0 Å². The van der Waals surface area contributed by atoms with E-state index >= 15 is 0 Å². The summed E-state index contributed by atoms with van der Waals surface area (Å²) in [5.74, 6) is 0.311. The second-order valence-electron chi connectivity index (χ2n) is 7.08. The number of aromatic amines is 1. The molecule has 3 heterocycles. The fraction of sp³-hybridized carbons (Fsp3) is 0.381. The minimum absolute atomic E-state index is 0.0314. The number of H-pyrrole nitrogens is 1. The Morgan fingerprint density at radius 1 is 1.31 bits per heavy atom. The maximum atomic E-state index is 13.0. The fourth-order valence-electron chi connectivity index (χ4n) is 3.86. The quantitative estimate of drug-likeness (QED) is 0.782. The van der Waals surface area contributed by atoms with Crippen LogP contribution < -0.4 is 0 Å². The van der Waals surface area contributed by atoms with E-state index in [9.17, 15) is 4.79 Å². The van der Waals surface area contributed by atoms with Gasteiger partial charge in [0.1, 0.15) is 0 Å². The van der Waals surface area contributed by atoms with Gasteiger partial charge in [-0.2, -0.15) is 5.10 Å². The van der Waals surface area contributed by atoms with E-state index in [0.717, 1.165) is 48.1 Å². The number of pyridine rings is 1. The van der Waals surface area contributed by atoms with Gasteiger partial charge in [0.15, 0.2) is 5.69 Å². The number of aryl methyl sites for hydroxylation is 1. The molecule has 1 fully saturated rings. The predicted octanol–water partition coefficient (Wildman–Crippen LogP) is 3.85. The van der Waals surface area contributed by atoms with Gasteiger partial charge in [-0.3, -0.25) is 14.9 Å². The lowest BCUT2D eigenvalue weighted by Crippen LogP contribution is -2.39. The van der Waals surface area contributed by atoms with E-state index in [4.69, 9.17) is 0 Å². The number of amides is 1. The number of benzene rings is 1. The third kappa shape index (κ3) is 2.98. The molecular formula is C21H24N4O. The van der Waals surface area contributed by atoms with Gasteiger partial charge in [-0.1, -0.05) is 31.2 Å². The Balaban J connectivity index is 1.56. The summed E-state index contributed by atoms with van der Waals surface area (Å²) in [6.45, 7) is 5.54. The lowest BCUT2D eigenvalue weighted by atomic mass is 9.93. The molecule has 4 rings (SSSR count). The number of rotatable bonds is 3. The molecule has 0 bridgehead atoms. The van der Waals surface area contributed by atoms with Crippen LogP contribution in [0.3, 0.4) is 0 Å². The predicted molar refractivity (Wildman–Crippen MR) is 102 cm³/mol. The average Bonchev–Trinajstić information content (AvgIpc) is 3.07. The van der Waals surface area contributed by atoms with E-state index in [1.54, 1.807) is 0 Å². The van der Waals surface area contributed by atoms with Gasteiger partial charge in [-0.05, 0) is 37.6 Å². The second kappa shape index (κ2) is 6.90. The third-order valence-corrected chi connectivity index (χ3v) is 5.45. The van der Waals surface area contributed by atoms with Crippen LogP contribution in [0, 0.1) is 6.92 Å². The Morgan fingerprint density at radius 2 is 2.12 bits per heavy atom. The summed E-state index contributed by atoms with van der Waals surface area (Å²) < 4.78 is 0. The molecule has 1 atom stereocenters. The standard InChI is InChI=1S/C21H24N4O/c1-3-18-14(2)20(24-23-18)21(26)25-10-6-9-17(13-25)19-11-15-7-4-5-8-16(15)12-22-19/h4-5,7-8,11-12,17H,3,6,9-10,13H2,1-2H3,(H,23,24)/t17-/m0/s1. The molecule has 0 spiro atoms. The molecule has 0 radical (unpaired) electrons. The zero-order chi connectivity index (χ0) is 18.1. The molecule has 0 unspecified atom stereocenters. The number of hydrogen-bond acceptors (Lipinski definition) is 3. The summed E-state index contributed by atoms with van der Waals surface area (Å²) in [6, 6.07) is 10.4. The molecule has 1 aliphatic rings. The van der Waals surface area contributed by atoms with Crippen molar-refractivity contribution in [3.05, 3.63) is 59.2 Å². The monoisotopic (exact) mass is 348 g/mol. The first-order chi connectivity index (χ1) is 12.7. The van der Waals surface area contributed by atoms with Crippen molar-refractivity contribution in [1.82, 2.24) is 20.1 Å². The molecule has 134 valence electrons. The lowest BCUT2D eigenvalue weighted by molar-refractivity contribution is 0.0699. The first-order valence-corrected chi connectivity index (χ1v) is 9.35. The zero-order valence-corrected chi connectivity index (χ0v) is 15.3. The van der Waals surface area contributed by atoms with Crippen LogP contribution in [0.15, 0.2) is 36.5 Å². The highest BCUT2D eigenvalue weighted by molar-refractivity contribution is 5.94. The molecule has 2 aromatic heterocycles. The Hall–Kier alpha value is -2.69. The molecule has 5 heteroatoms. The zero-order valence-electron chi connectivity index (χ0n) is 15.3. The summed E-state index contributed by atoms with van der Waals surface area (Å²) >= 11 is 0. The van der Waals surface area contributed by atoms with Gasteiger partial charge in [-0.15, -0.1) is 0 Å². The van der Waals surface area contributed by atoms with Gasteiger partial charge in [0.25, 0.3) is 5.91 Å². The third-order valence-electron chi connectivity index (χ3n) is 5.45. The molecule has 26 heavy (non-hydrogen) atoms. The number of fused-ring (bicyclic) bond motifs is 1. The first kappa shape index (κ1) is 16.8. The molecule has 1 aromatic carbocycles. The Kier molecular flexibility index (Phi) is 4.45. The topological polar surface area (TPSA) is 61.9 Å². The van der Waals surface area contributed by atoms with Crippen molar-refractivity contribution in [2.24, 2.45) is 0 Å². The minimum Gasteiger partial charge on any atom is -0.337 e. The minimum atomic E-state index is 0.0314. The second-order valence-corrected chi connectivity index (χ2v) is 7.08. The molecule has 0 aliphatic carbocycles. The highest BCUT2D eigenvalue weighted by atomic mass is 16.2. The van der Waals surface area contributed by atoms with E-state index in [-0.39, 0.29) is 11.8 Å². The average molecular weight is 348 g/mol. The number of nitrogens with one attached hydrogen (secondary N) is 1. The Morgan fingerprint density at radius 3 is 2.88 bits per heavy atom. The van der Waals surface area contributed by atoms with Crippen molar-refractivity contribution in [3.63, 3.8) is 0 Å². The van der Waals surface area contributed by atoms with Crippen LogP contribution in [0.2, 0.25) is 0 Å². The van der Waals surface area contributed by atoms with Crippen molar-refractivity contribution < 1.29 is 4.79 Å². The normalized spacial score (nSPS) is 17.6. The van der Waals surface area contributed by atoms with Crippen molar-refractivity contribution in [2.75, 3.05) is 13.1 Å². The summed E-state index contributed by atoms with van der Waals surface area (Å²) in [6.07, 6.45) is 4.86. The van der Waals surface area contributed by atoms with Crippen LogP contribution >= 0.6 is 0 Å². The van der Waals surface area contributed by atoms with Crippen LogP contribution in [-0.4, -0.2) is 39.1 Å². The number of carbonyl (C=O) groups excluding carboxylic acids is 1. The van der Waals surface area contributed by atoms with Crippen molar-refractivity contribution >= 4 is 16.7 Å². The maximum absolute atomic E-state index is 13.0. The summed E-state index contributed by atoms with van der Waals surface area (Å²) in [7, 11) is 0. The molecule has 1 N–H and O–H groups in total. The largest absolute Gasteiger partial charge is 0.337 e. The summed E-state index contributed by atoms with van der Waals surface area (Å²) in [5, 5.41) is 9.62. The maximum Gasteiger partial charge on any atom is 0.274 e. The molecule has 1 aliphatic heterocycles. The van der Waals surface area contributed by atoms with E-state index in [2.05, 4.69) is 46.4 Å². The molecule has 1 saturated heterocycles. The molecule has 5 nitrogen and oxygen atoms in total. The fourth-order valence-corrected chi connectivity index (χ4v) is 3.86. The number of aromatic nitrogens is 3. The van der Waals surface area contributed by atoms with E-state index < -0.39 is 0 Å². The van der Waals surface area contributed by atoms with Gasteiger partial charge in [0.05, 0.1) is 0 Å². The molecular weight excluding hydrogens is 324 g/mol. The number of hydrogen-bond donors (Lipinski definition) is 1. The number of piperidine rings is 1. The summed E-state index contributed by atoms with van der Waals surface area (Å²) in [5.41, 5.74) is 3.66. The smallest absolute Gasteiger partial charge is 0.274 e. The van der Waals surface area contributed by atoms with Crippen molar-refractivity contribution in [2.45, 2.75) is 39.0 Å². The van der Waals surface area contributed by atoms with Crippen LogP contribution in [0.1, 0.15) is 53.1 Å². The van der Waals surface area contributed by atoms with Gasteiger partial charge < -0.3 is 4.90 Å². The Labute approximate surface area is 153 Å². The van der Waals surface area contributed by atoms with Gasteiger partial charge in [-0.25, -0.2) is 0 Å². The van der Waals surface area contributed by atoms with Crippen molar-refractivity contribution in [1.29, 1.82) is 0 Å². The summed E-state index contributed by atoms with van der Waals surface area (Å²) in [4.78, 5) is 19.6. The van der Waals surface area contributed by atoms with Crippen LogP contribution in [0.5, 0.6) is 0 Å². The first-order valence-electron chi connectivity index (χ1n) is 9.35. The number of likely N-dealkylation sites (tertiary alicyclic amines) is 1. The lowest BCUT2D eigenvalue weighted by Gasteiger charge is -2.32. The van der Waals surface area contributed by atoms with E-state index in [1.807, 2.05) is 24.1 Å². The highest BCUT2D eigenvalue weighted by Gasteiger charge is 2.28. The molecule has 1 amide bonds. The SMILES string of the molecule is CCc1[nH]nc(C(=O)N2CCC[C@H](c3cc4ccccc4cn3)C2)c1C. The van der Waals surface area contributed by atoms with Crippen LogP contribution in [-0.2, 0) is 6.42 Å². The van der Waals surface area contributed by atoms with E-state index in [1.165, 1.54) is 5.39 Å².